The average molecular weight is 525 g/mol. The molecule has 1 aromatic carbocycles. The number of nitrogens with zero attached hydrogens (tertiary/aromatic N) is 1. The first-order chi connectivity index (χ1) is 16.7. The summed E-state index contributed by atoms with van der Waals surface area (Å²) in [6, 6.07) is 6.08. The van der Waals surface area contributed by atoms with Crippen molar-refractivity contribution in [1.29, 1.82) is 0 Å². The number of nitrogens with one attached hydrogen (secondary N) is 1. The third-order valence-corrected chi connectivity index (χ3v) is 8.18. The number of likely N-dealkylation sites (tertiary alicyclic amines) is 1. The zero-order valence-electron chi connectivity index (χ0n) is 19.1. The van der Waals surface area contributed by atoms with Gasteiger partial charge in [-0.15, -0.1) is 23.2 Å². The molecule has 9 nitrogen and oxygen atoms in total. The summed E-state index contributed by atoms with van der Waals surface area (Å²) >= 11 is 12.6. The Morgan fingerprint density at radius 1 is 1.00 bits per heavy atom. The quantitative estimate of drug-likeness (QED) is 0.228. The monoisotopic (exact) mass is 524 g/mol. The molecule has 6 atom stereocenters. The Balaban J connectivity index is 1.24. The predicted octanol–water partition coefficient (Wildman–Crippen LogP) is 2.59. The first kappa shape index (κ1) is 25.4. The molecule has 1 N–H and O–H groups in total. The zero-order valence-corrected chi connectivity index (χ0v) is 20.6. The number of alkyl halides is 2. The largest absolute Gasteiger partial charge is 0.462 e. The van der Waals surface area contributed by atoms with Gasteiger partial charge in [0.25, 0.3) is 5.91 Å². The molecule has 1 heterocycles. The molecule has 3 aliphatic rings. The van der Waals surface area contributed by atoms with Crippen LogP contribution in [0.25, 0.3) is 0 Å². The van der Waals surface area contributed by atoms with Crippen molar-refractivity contribution in [1.82, 2.24) is 4.90 Å². The molecule has 2 aliphatic carbocycles. The third kappa shape index (κ3) is 5.02. The van der Waals surface area contributed by atoms with Gasteiger partial charge in [0, 0.05) is 5.69 Å². The molecule has 2 saturated carbocycles. The maximum absolute atomic E-state index is 12.8. The number of esters is 2. The number of hydrogen-bond acceptors (Lipinski definition) is 7. The summed E-state index contributed by atoms with van der Waals surface area (Å²) in [7, 11) is 0. The van der Waals surface area contributed by atoms with Crippen molar-refractivity contribution in [2.24, 2.45) is 23.7 Å². The topological polar surface area (TPSA) is 119 Å². The maximum atomic E-state index is 12.8. The minimum absolute atomic E-state index is 0.179. The van der Waals surface area contributed by atoms with Crippen molar-refractivity contribution in [3.63, 3.8) is 0 Å². The van der Waals surface area contributed by atoms with Crippen LogP contribution in [0.2, 0.25) is 0 Å². The van der Waals surface area contributed by atoms with Crippen LogP contribution < -0.4 is 5.32 Å². The van der Waals surface area contributed by atoms with E-state index in [2.05, 4.69) is 5.32 Å². The molecule has 0 unspecified atom stereocenters. The summed E-state index contributed by atoms with van der Waals surface area (Å²) in [6.45, 7) is 1.18. The molecule has 1 aromatic rings. The predicted molar refractivity (Wildman–Crippen MR) is 126 cm³/mol. The number of amides is 3. The van der Waals surface area contributed by atoms with Gasteiger partial charge in [0.15, 0.2) is 6.61 Å². The maximum Gasteiger partial charge on any atom is 0.338 e. The van der Waals surface area contributed by atoms with Gasteiger partial charge in [0.05, 0.1) is 34.8 Å². The Bertz CT molecular complexity index is 999. The first-order valence-corrected chi connectivity index (χ1v) is 12.5. The number of ether oxygens (including phenoxy) is 2. The van der Waals surface area contributed by atoms with Crippen molar-refractivity contribution in [3.05, 3.63) is 29.8 Å². The van der Waals surface area contributed by atoms with E-state index in [0.29, 0.717) is 24.3 Å². The van der Waals surface area contributed by atoms with Crippen LogP contribution in [0.1, 0.15) is 36.5 Å². The van der Waals surface area contributed by atoms with Crippen LogP contribution in [-0.4, -0.2) is 65.1 Å². The van der Waals surface area contributed by atoms with Crippen molar-refractivity contribution in [2.45, 2.75) is 36.9 Å². The van der Waals surface area contributed by atoms with Gasteiger partial charge in [-0.05, 0) is 48.9 Å². The van der Waals surface area contributed by atoms with Crippen molar-refractivity contribution >= 4 is 58.5 Å². The molecule has 1 saturated heterocycles. The number of anilines is 1. The highest BCUT2D eigenvalue weighted by molar-refractivity contribution is 6.31. The SMILES string of the molecule is CCCCOC(=O)c1ccc(NC(=O)COC(=O)CN2C(=O)[C@@H]3[C@H]4C[C@@H]([C@H](Cl)[C@@H]4Cl)[C@@H]3C2=O)cc1. The lowest BCUT2D eigenvalue weighted by Gasteiger charge is -2.28. The number of hydrogen-bond donors (Lipinski definition) is 1. The molecular formula is C24H26Cl2N2O7. The zero-order chi connectivity index (χ0) is 25.3. The highest BCUT2D eigenvalue weighted by Crippen LogP contribution is 2.59. The van der Waals surface area contributed by atoms with E-state index in [1.54, 1.807) is 0 Å². The van der Waals surface area contributed by atoms with E-state index in [0.717, 1.165) is 17.7 Å². The standard InChI is InChI=1S/C24H26Cl2N2O7/c1-2-3-8-34-24(33)12-4-6-13(7-5-12)27-16(29)11-35-17(30)10-28-22(31)18-14-9-15(19(18)23(28)32)21(26)20(14)25/h4-7,14-15,18-21H,2-3,8-11H2,1H3,(H,27,29)/t14-,15-,18-,19+,20-,21+/m1/s1. The Morgan fingerprint density at radius 3 is 2.17 bits per heavy atom. The van der Waals surface area contributed by atoms with Gasteiger partial charge in [-0.2, -0.15) is 0 Å². The van der Waals surface area contributed by atoms with Crippen LogP contribution in [0.3, 0.4) is 0 Å². The fourth-order valence-electron chi connectivity index (χ4n) is 5.17. The third-order valence-electron chi connectivity index (χ3n) is 6.87. The number of imide groups is 1. The molecule has 0 aromatic heterocycles. The summed E-state index contributed by atoms with van der Waals surface area (Å²) in [6.07, 6.45) is 2.33. The Labute approximate surface area is 212 Å². The van der Waals surface area contributed by atoms with Crippen molar-refractivity contribution < 1.29 is 33.4 Å². The molecule has 3 fully saturated rings. The molecule has 1 aliphatic heterocycles. The van der Waals surface area contributed by atoms with Crippen molar-refractivity contribution in [2.75, 3.05) is 25.1 Å². The lowest BCUT2D eigenvalue weighted by molar-refractivity contribution is -0.154. The molecule has 11 heteroatoms. The fraction of sp³-hybridized carbons (Fsp3) is 0.542. The minimum Gasteiger partial charge on any atom is -0.462 e. The van der Waals surface area contributed by atoms with Crippen molar-refractivity contribution in [3.8, 4) is 0 Å². The summed E-state index contributed by atoms with van der Waals surface area (Å²) in [5.41, 5.74) is 0.750. The summed E-state index contributed by atoms with van der Waals surface area (Å²) in [5.74, 6) is -4.25. The van der Waals surface area contributed by atoms with E-state index in [1.807, 2.05) is 6.92 Å². The van der Waals surface area contributed by atoms with Gasteiger partial charge in [-0.3, -0.25) is 24.1 Å². The van der Waals surface area contributed by atoms with E-state index in [9.17, 15) is 24.0 Å². The summed E-state index contributed by atoms with van der Waals surface area (Å²) in [4.78, 5) is 62.8. The van der Waals surface area contributed by atoms with Gasteiger partial charge in [0.2, 0.25) is 11.8 Å². The normalized spacial score (nSPS) is 28.7. The number of fused-ring (bicyclic) bond motifs is 5. The first-order valence-electron chi connectivity index (χ1n) is 11.6. The van der Waals surface area contributed by atoms with Crippen LogP contribution in [0.5, 0.6) is 0 Å². The van der Waals surface area contributed by atoms with Gasteiger partial charge < -0.3 is 14.8 Å². The Kier molecular flexibility index (Phi) is 7.66. The van der Waals surface area contributed by atoms with Gasteiger partial charge in [-0.25, -0.2) is 4.79 Å². The molecule has 3 amide bonds. The smallest absolute Gasteiger partial charge is 0.338 e. The van der Waals surface area contributed by atoms with E-state index in [1.165, 1.54) is 24.3 Å². The van der Waals surface area contributed by atoms with E-state index in [4.69, 9.17) is 32.7 Å². The van der Waals surface area contributed by atoms with Crippen LogP contribution in [-0.2, 0) is 28.7 Å². The van der Waals surface area contributed by atoms with Gasteiger partial charge in [-0.1, -0.05) is 13.3 Å². The van der Waals surface area contributed by atoms with Gasteiger partial charge >= 0.3 is 11.9 Å². The van der Waals surface area contributed by atoms with Crippen LogP contribution >= 0.6 is 23.2 Å². The second kappa shape index (κ2) is 10.5. The van der Waals surface area contributed by atoms with E-state index >= 15 is 0 Å². The highest BCUT2D eigenvalue weighted by Gasteiger charge is 2.66. The van der Waals surface area contributed by atoms with Crippen LogP contribution in [0, 0.1) is 23.7 Å². The molecule has 2 bridgehead atoms. The number of benzene rings is 1. The van der Waals surface area contributed by atoms with Crippen LogP contribution in [0.15, 0.2) is 24.3 Å². The number of rotatable bonds is 9. The van der Waals surface area contributed by atoms with Crippen LogP contribution in [0.4, 0.5) is 5.69 Å². The second-order valence-corrected chi connectivity index (χ2v) is 10.1. The average Bonchev–Trinajstić information content (AvgIpc) is 3.44. The number of halogens is 2. The van der Waals surface area contributed by atoms with Gasteiger partial charge in [0.1, 0.15) is 6.54 Å². The number of carbonyl (C=O) groups is 5. The second-order valence-electron chi connectivity index (χ2n) is 9.04. The highest BCUT2D eigenvalue weighted by atomic mass is 35.5. The van der Waals surface area contributed by atoms with E-state index in [-0.39, 0.29) is 22.6 Å². The van der Waals surface area contributed by atoms with E-state index < -0.39 is 54.6 Å². The molecule has 0 spiro atoms. The summed E-state index contributed by atoms with van der Waals surface area (Å²) in [5, 5.41) is 1.79. The molecule has 188 valence electrons. The lowest BCUT2D eigenvalue weighted by Crippen LogP contribution is -2.38. The number of unbranched alkanes of at least 4 members (excludes halogenated alkanes) is 1. The minimum atomic E-state index is -0.871. The number of carbonyl (C=O) groups excluding carboxylic acids is 5. The molecule has 35 heavy (non-hydrogen) atoms. The Hall–Kier alpha value is -2.65. The molecular weight excluding hydrogens is 499 g/mol. The molecule has 0 radical (unpaired) electrons. The Morgan fingerprint density at radius 2 is 1.60 bits per heavy atom. The fourth-order valence-corrected chi connectivity index (χ4v) is 6.06. The summed E-state index contributed by atoms with van der Waals surface area (Å²) < 4.78 is 10.1. The molecule has 4 rings (SSSR count). The lowest BCUT2D eigenvalue weighted by atomic mass is 9.80.